The van der Waals surface area contributed by atoms with E-state index >= 15 is 0 Å². The Morgan fingerprint density at radius 1 is 1.19 bits per heavy atom. The first-order chi connectivity index (χ1) is 12.5. The molecule has 2 aromatic carbocycles. The summed E-state index contributed by atoms with van der Waals surface area (Å²) in [6.07, 6.45) is 0.743. The number of rotatable bonds is 5. The number of hydrogen-bond donors (Lipinski definition) is 1. The summed E-state index contributed by atoms with van der Waals surface area (Å²) in [5.74, 6) is -1.17. The normalized spacial score (nSPS) is 20.4. The fraction of sp³-hybridized carbons (Fsp3) is 0.333. The van der Waals surface area contributed by atoms with Gasteiger partial charge >= 0.3 is 5.97 Å². The van der Waals surface area contributed by atoms with E-state index in [1.165, 1.54) is 0 Å². The molecule has 0 saturated carbocycles. The van der Waals surface area contributed by atoms with Crippen LogP contribution in [0.25, 0.3) is 0 Å². The number of nitrogens with zero attached hydrogens (tertiary/aromatic N) is 1. The predicted molar refractivity (Wildman–Crippen MR) is 98.5 cm³/mol. The van der Waals surface area contributed by atoms with Crippen LogP contribution in [0.4, 0.5) is 0 Å². The average molecular weight is 353 g/mol. The van der Waals surface area contributed by atoms with Gasteiger partial charge in [0.25, 0.3) is 5.91 Å². The monoisotopic (exact) mass is 353 g/mol. The highest BCUT2D eigenvalue weighted by Crippen LogP contribution is 2.44. The summed E-state index contributed by atoms with van der Waals surface area (Å²) >= 11 is 0. The summed E-state index contributed by atoms with van der Waals surface area (Å²) in [5.41, 5.74) is 1.84. The van der Waals surface area contributed by atoms with Crippen molar-refractivity contribution in [2.45, 2.75) is 38.3 Å². The number of benzene rings is 2. The minimum absolute atomic E-state index is 0.0789. The molecule has 136 valence electrons. The van der Waals surface area contributed by atoms with Crippen LogP contribution in [0.5, 0.6) is 5.75 Å². The highest BCUT2D eigenvalue weighted by Gasteiger charge is 2.45. The van der Waals surface area contributed by atoms with Crippen molar-refractivity contribution in [1.82, 2.24) is 4.90 Å². The Morgan fingerprint density at radius 3 is 2.42 bits per heavy atom. The molecule has 26 heavy (non-hydrogen) atoms. The second kappa shape index (κ2) is 7.20. The number of methoxy groups -OCH3 is 1. The summed E-state index contributed by atoms with van der Waals surface area (Å²) in [6.45, 7) is 3.96. The van der Waals surface area contributed by atoms with Crippen molar-refractivity contribution in [3.63, 3.8) is 0 Å². The summed E-state index contributed by atoms with van der Waals surface area (Å²) < 4.78 is 5.21. The zero-order chi connectivity index (χ0) is 18.8. The van der Waals surface area contributed by atoms with Crippen LogP contribution in [0.2, 0.25) is 0 Å². The summed E-state index contributed by atoms with van der Waals surface area (Å²) in [5, 5.41) is 10.0. The van der Waals surface area contributed by atoms with Crippen LogP contribution < -0.4 is 4.74 Å². The van der Waals surface area contributed by atoms with E-state index in [2.05, 4.69) is 0 Å². The molecule has 0 spiro atoms. The fourth-order valence-corrected chi connectivity index (χ4v) is 3.65. The van der Waals surface area contributed by atoms with E-state index in [-0.39, 0.29) is 11.9 Å². The van der Waals surface area contributed by atoms with Crippen molar-refractivity contribution in [3.8, 4) is 5.75 Å². The molecular weight excluding hydrogens is 330 g/mol. The van der Waals surface area contributed by atoms with Gasteiger partial charge < -0.3 is 14.7 Å². The molecule has 3 atom stereocenters. The molecule has 2 aromatic rings. The average Bonchev–Trinajstić information content (AvgIpc) is 2.67. The number of ether oxygens (including phenoxy) is 1. The molecule has 1 N–H and O–H groups in total. The van der Waals surface area contributed by atoms with Crippen LogP contribution >= 0.6 is 0 Å². The standard InChI is InChI=1S/C21H23NO4/c1-4-13(2)22-19(14-9-11-15(26-3)12-10-14)18(21(24)25)16-7-5-6-8-17(16)20(22)23/h5-13,18-19H,4H2,1-3H3,(H,24,25)/t13-,18+,19-/m0/s1. The third kappa shape index (κ3) is 2.94. The van der Waals surface area contributed by atoms with E-state index in [0.717, 1.165) is 12.0 Å². The van der Waals surface area contributed by atoms with Gasteiger partial charge in [0.1, 0.15) is 11.7 Å². The lowest BCUT2D eigenvalue weighted by Gasteiger charge is -2.44. The van der Waals surface area contributed by atoms with Gasteiger partial charge in [-0.25, -0.2) is 0 Å². The minimum Gasteiger partial charge on any atom is -0.497 e. The van der Waals surface area contributed by atoms with Gasteiger partial charge in [-0.3, -0.25) is 9.59 Å². The predicted octanol–water partition coefficient (Wildman–Crippen LogP) is 3.86. The number of hydrogen-bond acceptors (Lipinski definition) is 3. The van der Waals surface area contributed by atoms with Gasteiger partial charge in [0.05, 0.1) is 13.2 Å². The van der Waals surface area contributed by atoms with Crippen LogP contribution in [0.3, 0.4) is 0 Å². The molecule has 0 radical (unpaired) electrons. The van der Waals surface area contributed by atoms with Crippen molar-refractivity contribution in [2.24, 2.45) is 0 Å². The van der Waals surface area contributed by atoms with Crippen LogP contribution in [0, 0.1) is 0 Å². The zero-order valence-corrected chi connectivity index (χ0v) is 15.2. The molecule has 0 saturated heterocycles. The smallest absolute Gasteiger partial charge is 0.313 e. The van der Waals surface area contributed by atoms with Crippen LogP contribution in [-0.4, -0.2) is 35.0 Å². The van der Waals surface area contributed by atoms with E-state index < -0.39 is 17.9 Å². The molecule has 3 rings (SSSR count). The van der Waals surface area contributed by atoms with E-state index in [4.69, 9.17) is 4.74 Å². The van der Waals surface area contributed by atoms with Gasteiger partial charge in [-0.05, 0) is 42.7 Å². The number of carboxylic acid groups (broad SMARTS) is 1. The topological polar surface area (TPSA) is 66.8 Å². The van der Waals surface area contributed by atoms with Crippen molar-refractivity contribution in [1.29, 1.82) is 0 Å². The zero-order valence-electron chi connectivity index (χ0n) is 15.2. The fourth-order valence-electron chi connectivity index (χ4n) is 3.65. The van der Waals surface area contributed by atoms with Crippen molar-refractivity contribution in [3.05, 3.63) is 65.2 Å². The molecule has 0 bridgehead atoms. The largest absolute Gasteiger partial charge is 0.497 e. The lowest BCUT2D eigenvalue weighted by Crippen LogP contribution is -2.48. The highest BCUT2D eigenvalue weighted by atomic mass is 16.5. The van der Waals surface area contributed by atoms with Crippen molar-refractivity contribution in [2.75, 3.05) is 7.11 Å². The first-order valence-electron chi connectivity index (χ1n) is 8.78. The summed E-state index contributed by atoms with van der Waals surface area (Å²) in [6, 6.07) is 13.7. The first-order valence-corrected chi connectivity index (χ1v) is 8.78. The molecule has 0 aromatic heterocycles. The Balaban J connectivity index is 2.21. The molecule has 0 aliphatic carbocycles. The van der Waals surface area contributed by atoms with Crippen LogP contribution in [0.1, 0.15) is 53.7 Å². The number of carbonyl (C=O) groups excluding carboxylic acids is 1. The van der Waals surface area contributed by atoms with Crippen molar-refractivity contribution < 1.29 is 19.4 Å². The second-order valence-electron chi connectivity index (χ2n) is 6.59. The summed E-state index contributed by atoms with van der Waals surface area (Å²) in [7, 11) is 1.58. The van der Waals surface area contributed by atoms with Gasteiger partial charge in [-0.2, -0.15) is 0 Å². The number of carbonyl (C=O) groups is 2. The third-order valence-corrected chi connectivity index (χ3v) is 5.17. The lowest BCUT2D eigenvalue weighted by molar-refractivity contribution is -0.140. The Morgan fingerprint density at radius 2 is 1.85 bits per heavy atom. The number of aliphatic carboxylic acids is 1. The SMILES string of the molecule is CC[C@H](C)N1C(=O)c2ccccc2[C@@H](C(=O)O)[C@@H]1c1ccc(OC)cc1. The molecule has 5 heteroatoms. The Bertz CT molecular complexity index is 815. The summed E-state index contributed by atoms with van der Waals surface area (Å²) in [4.78, 5) is 27.1. The quantitative estimate of drug-likeness (QED) is 0.886. The maximum absolute atomic E-state index is 13.2. The molecule has 1 aliphatic heterocycles. The molecule has 1 aliphatic rings. The van der Waals surface area contributed by atoms with Gasteiger partial charge in [0, 0.05) is 11.6 Å². The van der Waals surface area contributed by atoms with E-state index in [1.54, 1.807) is 48.4 Å². The van der Waals surface area contributed by atoms with Crippen molar-refractivity contribution >= 4 is 11.9 Å². The van der Waals surface area contributed by atoms with E-state index in [0.29, 0.717) is 16.9 Å². The van der Waals surface area contributed by atoms with Crippen LogP contribution in [-0.2, 0) is 4.79 Å². The number of amides is 1. The lowest BCUT2D eigenvalue weighted by atomic mass is 9.79. The molecule has 1 amide bonds. The maximum atomic E-state index is 13.2. The van der Waals surface area contributed by atoms with Crippen LogP contribution in [0.15, 0.2) is 48.5 Å². The first kappa shape index (κ1) is 18.0. The highest BCUT2D eigenvalue weighted by molar-refractivity contribution is 6.00. The van der Waals surface area contributed by atoms with Gasteiger partial charge in [0.15, 0.2) is 0 Å². The van der Waals surface area contributed by atoms with E-state index in [9.17, 15) is 14.7 Å². The number of carboxylic acids is 1. The molecular formula is C21H23NO4. The molecule has 1 heterocycles. The Kier molecular flexibility index (Phi) is 4.98. The Labute approximate surface area is 153 Å². The molecule has 5 nitrogen and oxygen atoms in total. The van der Waals surface area contributed by atoms with Gasteiger partial charge in [-0.1, -0.05) is 37.3 Å². The number of fused-ring (bicyclic) bond motifs is 1. The van der Waals surface area contributed by atoms with Gasteiger partial charge in [0.2, 0.25) is 0 Å². The second-order valence-corrected chi connectivity index (χ2v) is 6.59. The molecule has 0 fully saturated rings. The Hall–Kier alpha value is -2.82. The maximum Gasteiger partial charge on any atom is 0.313 e. The van der Waals surface area contributed by atoms with Gasteiger partial charge in [-0.15, -0.1) is 0 Å². The van der Waals surface area contributed by atoms with E-state index in [1.807, 2.05) is 26.0 Å². The minimum atomic E-state index is -0.931. The third-order valence-electron chi connectivity index (χ3n) is 5.17. The molecule has 0 unspecified atom stereocenters.